The molecule has 40 heavy (non-hydrogen) atoms. The Balaban J connectivity index is 1.53. The summed E-state index contributed by atoms with van der Waals surface area (Å²) in [5, 5.41) is 3.46. The van der Waals surface area contributed by atoms with Gasteiger partial charge < -0.3 is 24.3 Å². The monoisotopic (exact) mass is 545 g/mol. The predicted molar refractivity (Wildman–Crippen MR) is 153 cm³/mol. The molecule has 1 aliphatic heterocycles. The largest absolute Gasteiger partial charge is 0.494 e. The van der Waals surface area contributed by atoms with Gasteiger partial charge in [0.25, 0.3) is 0 Å². The van der Waals surface area contributed by atoms with E-state index in [4.69, 9.17) is 18.9 Å². The minimum absolute atomic E-state index is 0.0239. The summed E-state index contributed by atoms with van der Waals surface area (Å²) < 4.78 is 22.8. The van der Waals surface area contributed by atoms with E-state index >= 15 is 0 Å². The lowest BCUT2D eigenvalue weighted by Crippen LogP contribution is -2.37. The van der Waals surface area contributed by atoms with Gasteiger partial charge in [0.1, 0.15) is 11.9 Å². The van der Waals surface area contributed by atoms with Crippen molar-refractivity contribution in [2.75, 3.05) is 20.8 Å². The summed E-state index contributed by atoms with van der Waals surface area (Å²) in [6.45, 7) is 4.37. The lowest BCUT2D eigenvalue weighted by atomic mass is 9.71. The molecule has 2 unspecified atom stereocenters. The van der Waals surface area contributed by atoms with Gasteiger partial charge in [-0.3, -0.25) is 4.79 Å². The first-order chi connectivity index (χ1) is 19.4. The number of ketones is 1. The average Bonchev–Trinajstić information content (AvgIpc) is 2.96. The van der Waals surface area contributed by atoms with E-state index in [1.165, 1.54) is 6.42 Å². The molecular formula is C33H39NO6. The third-order valence-electron chi connectivity index (χ3n) is 8.25. The van der Waals surface area contributed by atoms with Gasteiger partial charge in [0.05, 0.1) is 26.4 Å². The maximum atomic E-state index is 14.0. The van der Waals surface area contributed by atoms with Crippen LogP contribution in [0.25, 0.3) is 0 Å². The highest BCUT2D eigenvalue weighted by atomic mass is 16.5. The number of ether oxygens (including phenoxy) is 4. The van der Waals surface area contributed by atoms with Crippen LogP contribution >= 0.6 is 0 Å². The third kappa shape index (κ3) is 5.60. The lowest BCUT2D eigenvalue weighted by molar-refractivity contribution is -0.146. The first-order valence-corrected chi connectivity index (χ1v) is 14.3. The maximum Gasteiger partial charge on any atom is 0.337 e. The van der Waals surface area contributed by atoms with Gasteiger partial charge in [-0.1, -0.05) is 24.6 Å². The second-order valence-corrected chi connectivity index (χ2v) is 10.8. The number of hydrogen-bond donors (Lipinski definition) is 1. The van der Waals surface area contributed by atoms with Gasteiger partial charge in [0.15, 0.2) is 17.3 Å². The Hall–Kier alpha value is -3.74. The first kappa shape index (κ1) is 27.8. The van der Waals surface area contributed by atoms with E-state index in [-0.39, 0.29) is 23.8 Å². The number of carbonyl (C=O) groups excluding carboxylic acids is 2. The molecule has 2 atom stereocenters. The molecule has 0 spiro atoms. The summed E-state index contributed by atoms with van der Waals surface area (Å²) >= 11 is 0. The van der Waals surface area contributed by atoms with Gasteiger partial charge in [-0.15, -0.1) is 0 Å². The van der Waals surface area contributed by atoms with Crippen molar-refractivity contribution in [2.45, 2.75) is 76.7 Å². The Morgan fingerprint density at radius 1 is 0.950 bits per heavy atom. The Morgan fingerprint density at radius 2 is 1.73 bits per heavy atom. The molecule has 0 bridgehead atoms. The minimum Gasteiger partial charge on any atom is -0.494 e. The molecule has 1 N–H and O–H groups in total. The van der Waals surface area contributed by atoms with E-state index in [0.717, 1.165) is 48.2 Å². The summed E-state index contributed by atoms with van der Waals surface area (Å²) in [5.74, 6) is 1.13. The molecular weight excluding hydrogens is 506 g/mol. The molecule has 2 aromatic carbocycles. The van der Waals surface area contributed by atoms with Crippen LogP contribution in [-0.4, -0.2) is 38.7 Å². The second kappa shape index (κ2) is 12.2. The zero-order chi connectivity index (χ0) is 28.2. The normalized spacial score (nSPS) is 21.4. The Morgan fingerprint density at radius 3 is 2.45 bits per heavy atom. The van der Waals surface area contributed by atoms with Crippen molar-refractivity contribution in [3.8, 4) is 17.2 Å². The summed E-state index contributed by atoms with van der Waals surface area (Å²) in [6.07, 6.45) is 5.98. The number of methoxy groups -OCH3 is 2. The SMILES string of the molecule is CCOc1cccc(C2C(C(=O)OC3CCCCC3)=C(C)NC3=C2C(=O)CC(c2ccc(OC)c(OC)c2)C3)c1. The van der Waals surface area contributed by atoms with Crippen LogP contribution in [0.5, 0.6) is 17.2 Å². The number of hydrogen-bond acceptors (Lipinski definition) is 7. The van der Waals surface area contributed by atoms with Crippen LogP contribution < -0.4 is 19.5 Å². The molecule has 212 valence electrons. The second-order valence-electron chi connectivity index (χ2n) is 10.8. The zero-order valence-corrected chi connectivity index (χ0v) is 23.9. The summed E-state index contributed by atoms with van der Waals surface area (Å²) in [7, 11) is 3.22. The number of allylic oxidation sites excluding steroid dienone is 3. The van der Waals surface area contributed by atoms with Gasteiger partial charge in [0, 0.05) is 29.3 Å². The smallest absolute Gasteiger partial charge is 0.337 e. The van der Waals surface area contributed by atoms with Crippen molar-refractivity contribution in [3.05, 3.63) is 76.1 Å². The van der Waals surface area contributed by atoms with Crippen molar-refractivity contribution in [2.24, 2.45) is 0 Å². The lowest BCUT2D eigenvalue weighted by Gasteiger charge is -2.37. The average molecular weight is 546 g/mol. The number of carbonyl (C=O) groups is 2. The topological polar surface area (TPSA) is 83.1 Å². The number of nitrogens with one attached hydrogen (secondary N) is 1. The first-order valence-electron chi connectivity index (χ1n) is 14.3. The fourth-order valence-electron chi connectivity index (χ4n) is 6.33. The Kier molecular flexibility index (Phi) is 8.48. The number of benzene rings is 2. The van der Waals surface area contributed by atoms with E-state index in [1.54, 1.807) is 14.2 Å². The molecule has 2 aromatic rings. The highest BCUT2D eigenvalue weighted by Crippen LogP contribution is 2.47. The van der Waals surface area contributed by atoms with Crippen LogP contribution in [0.1, 0.15) is 81.8 Å². The molecule has 5 rings (SSSR count). The summed E-state index contributed by atoms with van der Waals surface area (Å²) in [5.41, 5.74) is 4.61. The fourth-order valence-corrected chi connectivity index (χ4v) is 6.33. The van der Waals surface area contributed by atoms with E-state index in [9.17, 15) is 9.59 Å². The van der Waals surface area contributed by atoms with Gasteiger partial charge >= 0.3 is 5.97 Å². The van der Waals surface area contributed by atoms with Gasteiger partial charge in [0.2, 0.25) is 0 Å². The number of dihydropyridines is 1. The maximum absolute atomic E-state index is 14.0. The summed E-state index contributed by atoms with van der Waals surface area (Å²) in [4.78, 5) is 27.7. The van der Waals surface area contributed by atoms with Crippen LogP contribution in [0, 0.1) is 0 Å². The van der Waals surface area contributed by atoms with Crippen LogP contribution in [-0.2, 0) is 14.3 Å². The predicted octanol–water partition coefficient (Wildman–Crippen LogP) is 6.34. The van der Waals surface area contributed by atoms with Crippen molar-refractivity contribution in [3.63, 3.8) is 0 Å². The molecule has 7 heteroatoms. The van der Waals surface area contributed by atoms with Crippen molar-refractivity contribution >= 4 is 11.8 Å². The minimum atomic E-state index is -0.522. The molecule has 1 fully saturated rings. The molecule has 1 heterocycles. The highest BCUT2D eigenvalue weighted by Gasteiger charge is 2.42. The van der Waals surface area contributed by atoms with E-state index in [2.05, 4.69) is 5.32 Å². The summed E-state index contributed by atoms with van der Waals surface area (Å²) in [6, 6.07) is 13.5. The number of esters is 1. The van der Waals surface area contributed by atoms with Crippen molar-refractivity contribution in [1.82, 2.24) is 5.32 Å². The number of rotatable bonds is 8. The van der Waals surface area contributed by atoms with Crippen LogP contribution in [0.2, 0.25) is 0 Å². The standard InChI is InChI=1S/C33H39NO6/c1-5-39-25-13-9-10-22(16-25)31-30(33(36)40-24-11-7-6-8-12-24)20(2)34-26-17-23(18-27(35)32(26)31)21-14-15-28(37-3)29(19-21)38-4/h9-10,13-16,19,23-24,31,34H,5-8,11-12,17-18H2,1-4H3. The molecule has 0 amide bonds. The number of Topliss-reactive ketones (excluding diaryl/α,β-unsaturated/α-hetero) is 1. The third-order valence-corrected chi connectivity index (χ3v) is 8.25. The molecule has 0 radical (unpaired) electrons. The van der Waals surface area contributed by atoms with E-state index in [0.29, 0.717) is 47.8 Å². The quantitative estimate of drug-likeness (QED) is 0.388. The highest BCUT2D eigenvalue weighted by molar-refractivity contribution is 6.04. The van der Waals surface area contributed by atoms with Crippen LogP contribution in [0.4, 0.5) is 0 Å². The van der Waals surface area contributed by atoms with Crippen molar-refractivity contribution in [1.29, 1.82) is 0 Å². The molecule has 7 nitrogen and oxygen atoms in total. The molecule has 2 aliphatic carbocycles. The van der Waals surface area contributed by atoms with Crippen LogP contribution in [0.3, 0.4) is 0 Å². The Labute approximate surface area is 236 Å². The van der Waals surface area contributed by atoms with Gasteiger partial charge in [-0.25, -0.2) is 4.79 Å². The zero-order valence-electron chi connectivity index (χ0n) is 23.9. The fraction of sp³-hybridized carbons (Fsp3) is 0.455. The van der Waals surface area contributed by atoms with Crippen molar-refractivity contribution < 1.29 is 28.5 Å². The molecule has 0 aromatic heterocycles. The van der Waals surface area contributed by atoms with Gasteiger partial charge in [-0.2, -0.15) is 0 Å². The van der Waals surface area contributed by atoms with E-state index in [1.807, 2.05) is 56.3 Å². The van der Waals surface area contributed by atoms with Gasteiger partial charge in [-0.05, 0) is 87.3 Å². The van der Waals surface area contributed by atoms with E-state index < -0.39 is 5.92 Å². The molecule has 3 aliphatic rings. The Bertz CT molecular complexity index is 1340. The molecule has 0 saturated heterocycles. The van der Waals surface area contributed by atoms with Crippen LogP contribution in [0.15, 0.2) is 65.0 Å². The molecule has 1 saturated carbocycles.